The molecule has 2 aromatic carbocycles. The highest BCUT2D eigenvalue weighted by atomic mass is 79.9. The number of para-hydroxylation sites is 1. The van der Waals surface area contributed by atoms with Crippen molar-refractivity contribution in [3.05, 3.63) is 59.1 Å². The van der Waals surface area contributed by atoms with Crippen molar-refractivity contribution in [3.8, 4) is 11.4 Å². The fraction of sp³-hybridized carbons (Fsp3) is 0.133. The number of hydrogen-bond donors (Lipinski definition) is 1. The molecule has 0 aliphatic rings. The average molecular weight is 360 g/mol. The first-order chi connectivity index (χ1) is 10.8. The van der Waals surface area contributed by atoms with E-state index in [2.05, 4.69) is 36.8 Å². The summed E-state index contributed by atoms with van der Waals surface area (Å²) in [5.41, 5.74) is 0.905. The number of nitrogens with one attached hydrogen (secondary N) is 1. The summed E-state index contributed by atoms with van der Waals surface area (Å²) < 4.78 is 8.30. The Morgan fingerprint density at radius 3 is 2.77 bits per heavy atom. The molecule has 0 saturated carbocycles. The zero-order chi connectivity index (χ0) is 15.2. The second-order valence-corrected chi connectivity index (χ2v) is 5.40. The van der Waals surface area contributed by atoms with Gasteiger partial charge in [0.25, 0.3) is 0 Å². The van der Waals surface area contributed by atoms with Crippen LogP contribution in [-0.4, -0.2) is 33.4 Å². The number of halogens is 1. The van der Waals surface area contributed by atoms with Gasteiger partial charge in [-0.25, -0.2) is 0 Å². The predicted molar refractivity (Wildman–Crippen MR) is 87.3 cm³/mol. The molecular weight excluding hydrogens is 346 g/mol. The number of nitrogens with zero attached hydrogens (tertiary/aromatic N) is 4. The van der Waals surface area contributed by atoms with E-state index in [1.807, 2.05) is 54.6 Å². The maximum absolute atomic E-state index is 5.66. The maximum Gasteiger partial charge on any atom is 0.247 e. The highest BCUT2D eigenvalue weighted by Gasteiger charge is 2.06. The van der Waals surface area contributed by atoms with Crippen molar-refractivity contribution >= 4 is 21.9 Å². The molecule has 1 N–H and O–H groups in total. The van der Waals surface area contributed by atoms with E-state index < -0.39 is 0 Å². The summed E-state index contributed by atoms with van der Waals surface area (Å²) in [6.07, 6.45) is 0. The number of tetrazole rings is 1. The zero-order valence-corrected chi connectivity index (χ0v) is 13.3. The van der Waals surface area contributed by atoms with Crippen LogP contribution in [0.4, 0.5) is 5.95 Å². The standard InChI is InChI=1S/C15H14BrN5O/c16-12-5-4-8-14(11-12)22-10-9-17-15-18-19-20-21(15)13-6-2-1-3-7-13/h1-8,11H,9-10H2,(H,17,18,20). The fourth-order valence-electron chi connectivity index (χ4n) is 1.93. The Morgan fingerprint density at radius 1 is 1.09 bits per heavy atom. The third-order valence-electron chi connectivity index (χ3n) is 2.92. The molecule has 3 aromatic rings. The lowest BCUT2D eigenvalue weighted by Gasteiger charge is -2.08. The van der Waals surface area contributed by atoms with E-state index in [9.17, 15) is 0 Å². The first-order valence-electron chi connectivity index (χ1n) is 6.79. The molecule has 0 saturated heterocycles. The van der Waals surface area contributed by atoms with Crippen molar-refractivity contribution in [3.63, 3.8) is 0 Å². The van der Waals surface area contributed by atoms with Gasteiger partial charge in [0.05, 0.1) is 12.2 Å². The molecule has 0 fully saturated rings. The number of ether oxygens (including phenoxy) is 1. The van der Waals surface area contributed by atoms with E-state index in [1.165, 1.54) is 0 Å². The molecule has 112 valence electrons. The minimum Gasteiger partial charge on any atom is -0.492 e. The Bertz CT molecular complexity index is 732. The van der Waals surface area contributed by atoms with Crippen LogP contribution in [0.2, 0.25) is 0 Å². The second kappa shape index (κ2) is 7.04. The second-order valence-electron chi connectivity index (χ2n) is 4.48. The van der Waals surface area contributed by atoms with Gasteiger partial charge in [0.1, 0.15) is 12.4 Å². The molecule has 6 nitrogen and oxygen atoms in total. The largest absolute Gasteiger partial charge is 0.492 e. The molecule has 0 radical (unpaired) electrons. The van der Waals surface area contributed by atoms with Gasteiger partial charge in [-0.1, -0.05) is 45.3 Å². The topological polar surface area (TPSA) is 64.9 Å². The lowest BCUT2D eigenvalue weighted by Crippen LogP contribution is -2.14. The van der Waals surface area contributed by atoms with Gasteiger partial charge < -0.3 is 10.1 Å². The highest BCUT2D eigenvalue weighted by Crippen LogP contribution is 2.17. The number of rotatable bonds is 6. The van der Waals surface area contributed by atoms with E-state index in [0.29, 0.717) is 19.1 Å². The van der Waals surface area contributed by atoms with Crippen molar-refractivity contribution in [1.82, 2.24) is 20.2 Å². The van der Waals surface area contributed by atoms with Crippen molar-refractivity contribution < 1.29 is 4.74 Å². The minimum absolute atomic E-state index is 0.512. The quantitative estimate of drug-likeness (QED) is 0.685. The summed E-state index contributed by atoms with van der Waals surface area (Å²) in [5, 5.41) is 14.8. The van der Waals surface area contributed by atoms with Crippen molar-refractivity contribution in [2.45, 2.75) is 0 Å². The summed E-state index contributed by atoms with van der Waals surface area (Å²) in [6, 6.07) is 17.5. The fourth-order valence-corrected chi connectivity index (χ4v) is 2.31. The van der Waals surface area contributed by atoms with Gasteiger partial charge in [-0.15, -0.1) is 0 Å². The Labute approximate surface area is 136 Å². The molecule has 1 heterocycles. The summed E-state index contributed by atoms with van der Waals surface area (Å²) in [6.45, 7) is 1.11. The molecule has 0 aliphatic carbocycles. The molecular formula is C15H14BrN5O. The average Bonchev–Trinajstić information content (AvgIpc) is 3.01. The van der Waals surface area contributed by atoms with E-state index in [0.717, 1.165) is 15.9 Å². The lowest BCUT2D eigenvalue weighted by atomic mass is 10.3. The molecule has 7 heteroatoms. The molecule has 0 spiro atoms. The molecule has 0 bridgehead atoms. The van der Waals surface area contributed by atoms with E-state index in [-0.39, 0.29) is 0 Å². The zero-order valence-electron chi connectivity index (χ0n) is 11.7. The highest BCUT2D eigenvalue weighted by molar-refractivity contribution is 9.10. The normalized spacial score (nSPS) is 10.4. The first-order valence-corrected chi connectivity index (χ1v) is 7.58. The summed E-state index contributed by atoms with van der Waals surface area (Å²) in [7, 11) is 0. The summed E-state index contributed by atoms with van der Waals surface area (Å²) in [5.74, 6) is 1.41. The van der Waals surface area contributed by atoms with Gasteiger partial charge in [-0.3, -0.25) is 0 Å². The Hall–Kier alpha value is -2.41. The number of anilines is 1. The number of benzene rings is 2. The molecule has 0 atom stereocenters. The van der Waals surface area contributed by atoms with Gasteiger partial charge in [0, 0.05) is 4.47 Å². The van der Waals surface area contributed by atoms with E-state index >= 15 is 0 Å². The van der Waals surface area contributed by atoms with Gasteiger partial charge >= 0.3 is 0 Å². The minimum atomic E-state index is 0.512. The van der Waals surface area contributed by atoms with Crippen LogP contribution in [0.5, 0.6) is 5.75 Å². The van der Waals surface area contributed by atoms with Crippen LogP contribution >= 0.6 is 15.9 Å². The van der Waals surface area contributed by atoms with Crippen LogP contribution in [-0.2, 0) is 0 Å². The van der Waals surface area contributed by atoms with Gasteiger partial charge in [0.15, 0.2) is 0 Å². The Morgan fingerprint density at radius 2 is 1.95 bits per heavy atom. The van der Waals surface area contributed by atoms with Crippen molar-refractivity contribution in [1.29, 1.82) is 0 Å². The number of aromatic nitrogens is 4. The monoisotopic (exact) mass is 359 g/mol. The lowest BCUT2D eigenvalue weighted by molar-refractivity contribution is 0.332. The SMILES string of the molecule is Brc1cccc(OCCNc2nnnn2-c2ccccc2)c1. The Balaban J connectivity index is 1.56. The van der Waals surface area contributed by atoms with Crippen LogP contribution in [0.25, 0.3) is 5.69 Å². The van der Waals surface area contributed by atoms with Gasteiger partial charge in [0.2, 0.25) is 5.95 Å². The number of hydrogen-bond acceptors (Lipinski definition) is 5. The molecule has 0 amide bonds. The van der Waals surface area contributed by atoms with Crippen LogP contribution in [0.1, 0.15) is 0 Å². The molecule has 0 unspecified atom stereocenters. The molecule has 1 aromatic heterocycles. The van der Waals surface area contributed by atoms with Crippen LogP contribution in [0.3, 0.4) is 0 Å². The van der Waals surface area contributed by atoms with Crippen LogP contribution in [0.15, 0.2) is 59.1 Å². The van der Waals surface area contributed by atoms with Crippen molar-refractivity contribution in [2.75, 3.05) is 18.5 Å². The first kappa shape index (κ1) is 14.5. The van der Waals surface area contributed by atoms with Crippen LogP contribution in [0, 0.1) is 0 Å². The van der Waals surface area contributed by atoms with E-state index in [4.69, 9.17) is 4.74 Å². The van der Waals surface area contributed by atoms with Crippen LogP contribution < -0.4 is 10.1 Å². The van der Waals surface area contributed by atoms with Gasteiger partial charge in [-0.05, 0) is 40.8 Å². The predicted octanol–water partition coefficient (Wildman–Crippen LogP) is 2.92. The molecule has 22 heavy (non-hydrogen) atoms. The Kier molecular flexibility index (Phi) is 4.65. The third kappa shape index (κ3) is 3.62. The summed E-state index contributed by atoms with van der Waals surface area (Å²) in [4.78, 5) is 0. The van der Waals surface area contributed by atoms with Crippen molar-refractivity contribution in [2.24, 2.45) is 0 Å². The molecule has 3 rings (SSSR count). The maximum atomic E-state index is 5.66. The smallest absolute Gasteiger partial charge is 0.247 e. The third-order valence-corrected chi connectivity index (χ3v) is 3.41. The molecule has 0 aliphatic heterocycles. The van der Waals surface area contributed by atoms with Gasteiger partial charge in [-0.2, -0.15) is 4.68 Å². The summed E-state index contributed by atoms with van der Waals surface area (Å²) >= 11 is 3.41. The van der Waals surface area contributed by atoms with E-state index in [1.54, 1.807) is 4.68 Å².